The normalized spacial score (nSPS) is 15.4. The summed E-state index contributed by atoms with van der Waals surface area (Å²) in [6.07, 6.45) is 6.41. The lowest BCUT2D eigenvalue weighted by atomic mass is 9.96. The van der Waals surface area contributed by atoms with Gasteiger partial charge >= 0.3 is 0 Å². The van der Waals surface area contributed by atoms with Crippen molar-refractivity contribution in [3.8, 4) is 0 Å². The second-order valence-corrected chi connectivity index (χ2v) is 7.97. The van der Waals surface area contributed by atoms with E-state index in [1.807, 2.05) is 34.3 Å². The molecule has 0 saturated heterocycles. The molecule has 1 aliphatic carbocycles. The number of nitrogens with zero attached hydrogens (tertiary/aromatic N) is 3. The van der Waals surface area contributed by atoms with E-state index in [-0.39, 0.29) is 29.4 Å². The Morgan fingerprint density at radius 1 is 1.37 bits per heavy atom. The number of hydrogen-bond acceptors (Lipinski definition) is 3. The van der Waals surface area contributed by atoms with E-state index in [2.05, 4.69) is 34.7 Å². The van der Waals surface area contributed by atoms with E-state index in [9.17, 15) is 0 Å². The molecule has 3 aromatic rings. The minimum atomic E-state index is 0. The molecule has 0 aliphatic heterocycles. The van der Waals surface area contributed by atoms with E-state index in [0.717, 1.165) is 34.7 Å². The quantitative estimate of drug-likeness (QED) is 0.290. The maximum absolute atomic E-state index is 6.17. The molecule has 27 heavy (non-hydrogen) atoms. The number of halogens is 2. The Hall–Kier alpha value is -1.32. The van der Waals surface area contributed by atoms with E-state index in [0.29, 0.717) is 6.54 Å². The fourth-order valence-electron chi connectivity index (χ4n) is 3.14. The number of fused-ring (bicyclic) bond motifs is 1. The number of rotatable bonds is 6. The summed E-state index contributed by atoms with van der Waals surface area (Å²) in [5, 5.41) is 9.66. The molecular formula is C19H23ClIN5S. The van der Waals surface area contributed by atoms with E-state index in [1.54, 1.807) is 11.3 Å². The van der Waals surface area contributed by atoms with Gasteiger partial charge in [-0.3, -0.25) is 4.40 Å². The molecule has 2 N–H and O–H groups in total. The summed E-state index contributed by atoms with van der Waals surface area (Å²) in [7, 11) is 0. The fraction of sp³-hybridized carbons (Fsp3) is 0.368. The standard InChI is InChI=1S/C19H22ClN5S.HI/c1-2-21-17(22-11-16-12-25-8-9-26-18(25)24-16)23-13-19(6-7-19)14-4-3-5-15(20)10-14;/h3-5,8-10,12H,2,6-7,11,13H2,1H3,(H2,21,22,23);1H. The minimum absolute atomic E-state index is 0. The number of aliphatic imine (C=N–C) groups is 1. The maximum Gasteiger partial charge on any atom is 0.193 e. The highest BCUT2D eigenvalue weighted by Crippen LogP contribution is 2.48. The number of benzene rings is 1. The molecule has 1 saturated carbocycles. The molecule has 0 amide bonds. The van der Waals surface area contributed by atoms with E-state index in [1.165, 1.54) is 18.4 Å². The summed E-state index contributed by atoms with van der Waals surface area (Å²) >= 11 is 7.80. The molecular weight excluding hydrogens is 493 g/mol. The third-order valence-corrected chi connectivity index (χ3v) is 5.78. The molecule has 0 bridgehead atoms. The Kier molecular flexibility index (Phi) is 6.65. The van der Waals surface area contributed by atoms with Crippen molar-refractivity contribution < 1.29 is 0 Å². The first kappa shape index (κ1) is 20.4. The lowest BCUT2D eigenvalue weighted by molar-refractivity contribution is 0.646. The first-order valence-electron chi connectivity index (χ1n) is 8.88. The number of imidazole rings is 1. The zero-order valence-electron chi connectivity index (χ0n) is 15.1. The van der Waals surface area contributed by atoms with Gasteiger partial charge in [0.1, 0.15) is 0 Å². The van der Waals surface area contributed by atoms with Crippen LogP contribution in [0.15, 0.2) is 47.0 Å². The smallest absolute Gasteiger partial charge is 0.193 e. The number of hydrogen-bond donors (Lipinski definition) is 2. The van der Waals surface area contributed by atoms with Crippen LogP contribution in [0.1, 0.15) is 31.0 Å². The molecule has 1 aromatic carbocycles. The first-order valence-corrected chi connectivity index (χ1v) is 10.1. The lowest BCUT2D eigenvalue weighted by Crippen LogP contribution is -2.41. The van der Waals surface area contributed by atoms with Crippen molar-refractivity contribution in [3.05, 3.63) is 58.3 Å². The van der Waals surface area contributed by atoms with Gasteiger partial charge in [-0.2, -0.15) is 0 Å². The van der Waals surface area contributed by atoms with Crippen molar-refractivity contribution in [3.63, 3.8) is 0 Å². The van der Waals surface area contributed by atoms with Crippen LogP contribution in [0, 0.1) is 0 Å². The van der Waals surface area contributed by atoms with Crippen LogP contribution in [0.4, 0.5) is 0 Å². The van der Waals surface area contributed by atoms with Gasteiger partial charge in [0.25, 0.3) is 0 Å². The molecule has 0 unspecified atom stereocenters. The summed E-state index contributed by atoms with van der Waals surface area (Å²) < 4.78 is 2.04. The van der Waals surface area contributed by atoms with Gasteiger partial charge in [-0.05, 0) is 37.5 Å². The zero-order chi connectivity index (χ0) is 18.0. The fourth-order valence-corrected chi connectivity index (χ4v) is 4.05. The van der Waals surface area contributed by atoms with Crippen molar-refractivity contribution in [2.45, 2.75) is 31.7 Å². The summed E-state index contributed by atoms with van der Waals surface area (Å²) in [5.41, 5.74) is 2.46. The molecule has 1 fully saturated rings. The first-order chi connectivity index (χ1) is 12.7. The molecule has 0 spiro atoms. The lowest BCUT2D eigenvalue weighted by Gasteiger charge is -2.19. The van der Waals surface area contributed by atoms with Gasteiger partial charge in [-0.1, -0.05) is 23.7 Å². The van der Waals surface area contributed by atoms with Crippen LogP contribution >= 0.6 is 46.9 Å². The highest BCUT2D eigenvalue weighted by Gasteiger charge is 2.44. The predicted molar refractivity (Wildman–Crippen MR) is 124 cm³/mol. The highest BCUT2D eigenvalue weighted by molar-refractivity contribution is 14.0. The van der Waals surface area contributed by atoms with Crippen LogP contribution in [0.25, 0.3) is 4.96 Å². The average Bonchev–Trinajstić information content (AvgIpc) is 3.14. The number of thiazole rings is 1. The van der Waals surface area contributed by atoms with Crippen molar-refractivity contribution in [1.29, 1.82) is 0 Å². The Labute approximate surface area is 185 Å². The van der Waals surface area contributed by atoms with Crippen LogP contribution in [0.2, 0.25) is 5.02 Å². The van der Waals surface area contributed by atoms with Crippen LogP contribution in [-0.2, 0) is 12.0 Å². The Morgan fingerprint density at radius 2 is 2.22 bits per heavy atom. The molecule has 0 atom stereocenters. The second kappa shape index (κ2) is 8.79. The molecule has 0 radical (unpaired) electrons. The maximum atomic E-state index is 6.17. The third kappa shape index (κ3) is 4.75. The summed E-state index contributed by atoms with van der Waals surface area (Å²) in [5.74, 6) is 0.831. The van der Waals surface area contributed by atoms with E-state index < -0.39 is 0 Å². The Bertz CT molecular complexity index is 902. The zero-order valence-corrected chi connectivity index (χ0v) is 19.0. The van der Waals surface area contributed by atoms with Crippen LogP contribution < -0.4 is 10.6 Å². The largest absolute Gasteiger partial charge is 0.357 e. The summed E-state index contributed by atoms with van der Waals surface area (Å²) in [6.45, 7) is 4.33. The van der Waals surface area contributed by atoms with Gasteiger partial charge in [0.2, 0.25) is 0 Å². The van der Waals surface area contributed by atoms with Crippen molar-refractivity contribution in [1.82, 2.24) is 20.0 Å². The Morgan fingerprint density at radius 3 is 2.93 bits per heavy atom. The third-order valence-electron chi connectivity index (χ3n) is 4.77. The molecule has 5 nitrogen and oxygen atoms in total. The SMILES string of the molecule is CCNC(=NCc1cn2ccsc2n1)NCC1(c2cccc(Cl)c2)CC1.I. The average molecular weight is 516 g/mol. The molecule has 2 heterocycles. The number of guanidine groups is 1. The molecule has 4 rings (SSSR count). The van der Waals surface area contributed by atoms with E-state index in [4.69, 9.17) is 16.6 Å². The van der Waals surface area contributed by atoms with Gasteiger partial charge < -0.3 is 10.6 Å². The molecule has 144 valence electrons. The molecule has 8 heteroatoms. The van der Waals surface area contributed by atoms with Crippen molar-refractivity contribution in [2.75, 3.05) is 13.1 Å². The highest BCUT2D eigenvalue weighted by atomic mass is 127. The van der Waals surface area contributed by atoms with Gasteiger partial charge in [0, 0.05) is 41.3 Å². The van der Waals surface area contributed by atoms with Crippen LogP contribution in [0.3, 0.4) is 0 Å². The van der Waals surface area contributed by atoms with Crippen molar-refractivity contribution >= 4 is 57.8 Å². The van der Waals surface area contributed by atoms with Gasteiger partial charge in [0.15, 0.2) is 10.9 Å². The monoisotopic (exact) mass is 515 g/mol. The predicted octanol–water partition coefficient (Wildman–Crippen LogP) is 4.45. The molecule has 1 aliphatic rings. The van der Waals surface area contributed by atoms with E-state index >= 15 is 0 Å². The van der Waals surface area contributed by atoms with Gasteiger partial charge in [-0.15, -0.1) is 35.3 Å². The van der Waals surface area contributed by atoms with Crippen molar-refractivity contribution in [2.24, 2.45) is 4.99 Å². The topological polar surface area (TPSA) is 53.7 Å². The second-order valence-electron chi connectivity index (χ2n) is 6.66. The minimum Gasteiger partial charge on any atom is -0.357 e. The van der Waals surface area contributed by atoms with Gasteiger partial charge in [0.05, 0.1) is 12.2 Å². The van der Waals surface area contributed by atoms with Crippen LogP contribution in [-0.4, -0.2) is 28.4 Å². The Balaban J connectivity index is 0.00000210. The van der Waals surface area contributed by atoms with Gasteiger partial charge in [-0.25, -0.2) is 9.98 Å². The summed E-state index contributed by atoms with van der Waals surface area (Å²) in [4.78, 5) is 10.3. The molecule has 2 aromatic heterocycles. The number of aromatic nitrogens is 2. The number of nitrogens with one attached hydrogen (secondary N) is 2. The summed E-state index contributed by atoms with van der Waals surface area (Å²) in [6, 6.07) is 8.21. The van der Waals surface area contributed by atoms with Crippen LogP contribution in [0.5, 0.6) is 0 Å².